The summed E-state index contributed by atoms with van der Waals surface area (Å²) in [5, 5.41) is 2.99. The Kier molecular flexibility index (Phi) is 4.71. The number of benzene rings is 3. The first-order valence-electron chi connectivity index (χ1n) is 9.03. The first kappa shape index (κ1) is 17.0. The van der Waals surface area contributed by atoms with Gasteiger partial charge in [0, 0.05) is 12.1 Å². The predicted octanol–water partition coefficient (Wildman–Crippen LogP) is 4.32. The molecule has 1 amide bonds. The maximum Gasteiger partial charge on any atom is 0.251 e. The molecule has 4 rings (SSSR count). The Bertz CT molecular complexity index is 1070. The van der Waals surface area contributed by atoms with E-state index >= 15 is 0 Å². The van der Waals surface area contributed by atoms with Crippen molar-refractivity contribution in [1.29, 1.82) is 0 Å². The van der Waals surface area contributed by atoms with Crippen LogP contribution in [0.5, 0.6) is 0 Å². The Balaban J connectivity index is 1.61. The van der Waals surface area contributed by atoms with Gasteiger partial charge in [0.15, 0.2) is 0 Å². The molecule has 0 saturated heterocycles. The highest BCUT2D eigenvalue weighted by Crippen LogP contribution is 2.18. The minimum absolute atomic E-state index is 0.0930. The van der Waals surface area contributed by atoms with Crippen LogP contribution in [0.3, 0.4) is 0 Å². The van der Waals surface area contributed by atoms with Gasteiger partial charge in [-0.15, -0.1) is 0 Å². The number of hydrogen-bond acceptors (Lipinski definition) is 2. The van der Waals surface area contributed by atoms with Crippen LogP contribution in [0.25, 0.3) is 11.0 Å². The second-order valence-corrected chi connectivity index (χ2v) is 6.64. The van der Waals surface area contributed by atoms with Gasteiger partial charge in [-0.05, 0) is 36.8 Å². The Morgan fingerprint density at radius 3 is 2.41 bits per heavy atom. The first-order valence-corrected chi connectivity index (χ1v) is 9.03. The zero-order valence-corrected chi connectivity index (χ0v) is 15.2. The molecule has 0 aliphatic heterocycles. The molecule has 0 atom stereocenters. The molecule has 0 radical (unpaired) electrons. The molecular weight excluding hydrogens is 334 g/mol. The van der Waals surface area contributed by atoms with Crippen LogP contribution in [0.15, 0.2) is 78.9 Å². The average molecular weight is 355 g/mol. The van der Waals surface area contributed by atoms with E-state index in [2.05, 4.69) is 47.1 Å². The lowest BCUT2D eigenvalue weighted by Crippen LogP contribution is -2.24. The van der Waals surface area contributed by atoms with Crippen LogP contribution >= 0.6 is 0 Å². The van der Waals surface area contributed by atoms with Crippen LogP contribution in [-0.4, -0.2) is 15.5 Å². The van der Waals surface area contributed by atoms with E-state index in [9.17, 15) is 4.79 Å². The number of aryl methyl sites for hydroxylation is 1. The molecule has 0 fully saturated rings. The van der Waals surface area contributed by atoms with E-state index in [0.29, 0.717) is 12.1 Å². The zero-order valence-electron chi connectivity index (χ0n) is 15.2. The summed E-state index contributed by atoms with van der Waals surface area (Å²) in [7, 11) is 0. The largest absolute Gasteiger partial charge is 0.345 e. The molecule has 27 heavy (non-hydrogen) atoms. The Labute approximate surface area is 158 Å². The van der Waals surface area contributed by atoms with Crippen LogP contribution in [0, 0.1) is 6.92 Å². The number of carbonyl (C=O) groups is 1. The molecule has 0 unspecified atom stereocenters. The van der Waals surface area contributed by atoms with Crippen molar-refractivity contribution in [2.75, 3.05) is 0 Å². The van der Waals surface area contributed by atoms with Crippen molar-refractivity contribution in [1.82, 2.24) is 14.9 Å². The van der Waals surface area contributed by atoms with Crippen molar-refractivity contribution < 1.29 is 4.79 Å². The third-order valence-electron chi connectivity index (χ3n) is 4.64. The van der Waals surface area contributed by atoms with Gasteiger partial charge < -0.3 is 9.88 Å². The molecule has 1 heterocycles. The van der Waals surface area contributed by atoms with Gasteiger partial charge in [0.2, 0.25) is 0 Å². The van der Waals surface area contributed by atoms with Crippen molar-refractivity contribution in [3.05, 3.63) is 101 Å². The maximum absolute atomic E-state index is 12.4. The summed E-state index contributed by atoms with van der Waals surface area (Å²) in [4.78, 5) is 17.1. The third-order valence-corrected chi connectivity index (χ3v) is 4.64. The molecule has 0 aliphatic rings. The molecule has 4 nitrogen and oxygen atoms in total. The van der Waals surface area contributed by atoms with Gasteiger partial charge >= 0.3 is 0 Å². The Morgan fingerprint density at radius 1 is 0.926 bits per heavy atom. The maximum atomic E-state index is 12.4. The van der Waals surface area contributed by atoms with Crippen molar-refractivity contribution in [3.8, 4) is 0 Å². The fraction of sp³-hybridized carbons (Fsp3) is 0.130. The van der Waals surface area contributed by atoms with Crippen molar-refractivity contribution >= 4 is 16.9 Å². The normalized spacial score (nSPS) is 10.9. The van der Waals surface area contributed by atoms with E-state index in [4.69, 9.17) is 4.98 Å². The molecule has 0 saturated carbocycles. The summed E-state index contributed by atoms with van der Waals surface area (Å²) in [6.45, 7) is 3.19. The van der Waals surface area contributed by atoms with Crippen LogP contribution in [0.2, 0.25) is 0 Å². The average Bonchev–Trinajstić information content (AvgIpc) is 3.06. The molecule has 4 heteroatoms. The van der Waals surface area contributed by atoms with E-state index in [1.54, 1.807) is 0 Å². The number of para-hydroxylation sites is 2. The van der Waals surface area contributed by atoms with E-state index < -0.39 is 0 Å². The van der Waals surface area contributed by atoms with Gasteiger partial charge in [-0.3, -0.25) is 4.79 Å². The number of fused-ring (bicyclic) bond motifs is 1. The quantitative estimate of drug-likeness (QED) is 0.579. The topological polar surface area (TPSA) is 46.9 Å². The van der Waals surface area contributed by atoms with Gasteiger partial charge in [-0.25, -0.2) is 4.98 Å². The smallest absolute Gasteiger partial charge is 0.251 e. The van der Waals surface area contributed by atoms with Gasteiger partial charge in [-0.1, -0.05) is 60.2 Å². The zero-order chi connectivity index (χ0) is 18.6. The van der Waals surface area contributed by atoms with Gasteiger partial charge in [0.05, 0.1) is 17.6 Å². The van der Waals surface area contributed by atoms with E-state index in [1.807, 2.05) is 48.5 Å². The number of amides is 1. The minimum Gasteiger partial charge on any atom is -0.345 e. The van der Waals surface area contributed by atoms with Crippen LogP contribution in [0.4, 0.5) is 0 Å². The lowest BCUT2D eigenvalue weighted by Gasteiger charge is -2.11. The molecule has 0 spiro atoms. The first-order chi connectivity index (χ1) is 13.2. The third kappa shape index (κ3) is 3.75. The molecule has 134 valence electrons. The fourth-order valence-electron chi connectivity index (χ4n) is 3.16. The second-order valence-electron chi connectivity index (χ2n) is 6.64. The summed E-state index contributed by atoms with van der Waals surface area (Å²) in [5.74, 6) is 0.755. The highest BCUT2D eigenvalue weighted by molar-refractivity contribution is 5.94. The SMILES string of the molecule is Cc1ccc(Cn2c(CNC(=O)c3ccccc3)nc3ccccc32)cc1. The minimum atomic E-state index is -0.0930. The van der Waals surface area contributed by atoms with Crippen LogP contribution in [0.1, 0.15) is 27.3 Å². The summed E-state index contributed by atoms with van der Waals surface area (Å²) in [5.41, 5.74) is 5.11. The van der Waals surface area contributed by atoms with E-state index in [1.165, 1.54) is 11.1 Å². The van der Waals surface area contributed by atoms with Crippen molar-refractivity contribution in [2.24, 2.45) is 0 Å². The van der Waals surface area contributed by atoms with E-state index in [-0.39, 0.29) is 5.91 Å². The van der Waals surface area contributed by atoms with Gasteiger partial charge in [0.1, 0.15) is 5.82 Å². The molecule has 1 N–H and O–H groups in total. The highest BCUT2D eigenvalue weighted by atomic mass is 16.1. The van der Waals surface area contributed by atoms with E-state index in [0.717, 1.165) is 23.4 Å². The number of carbonyl (C=O) groups excluding carboxylic acids is 1. The lowest BCUT2D eigenvalue weighted by molar-refractivity contribution is 0.0949. The number of hydrogen-bond donors (Lipinski definition) is 1. The lowest BCUT2D eigenvalue weighted by atomic mass is 10.1. The Hall–Kier alpha value is -3.40. The van der Waals surface area contributed by atoms with Gasteiger partial charge in [-0.2, -0.15) is 0 Å². The predicted molar refractivity (Wildman–Crippen MR) is 108 cm³/mol. The second kappa shape index (κ2) is 7.46. The standard InChI is InChI=1S/C23H21N3O/c1-17-11-13-18(14-12-17)16-26-21-10-6-5-9-20(21)25-22(26)15-24-23(27)19-7-3-2-4-8-19/h2-14H,15-16H2,1H3,(H,24,27). The molecular formula is C23H21N3O. The number of aromatic nitrogens is 2. The molecule has 3 aromatic carbocycles. The monoisotopic (exact) mass is 355 g/mol. The number of nitrogens with one attached hydrogen (secondary N) is 1. The number of nitrogens with zero attached hydrogens (tertiary/aromatic N) is 2. The summed E-state index contributed by atoms with van der Waals surface area (Å²) >= 11 is 0. The summed E-state index contributed by atoms with van der Waals surface area (Å²) in [6.07, 6.45) is 0. The number of rotatable bonds is 5. The molecule has 4 aromatic rings. The fourth-order valence-corrected chi connectivity index (χ4v) is 3.16. The van der Waals surface area contributed by atoms with Crippen molar-refractivity contribution in [3.63, 3.8) is 0 Å². The summed E-state index contributed by atoms with van der Waals surface area (Å²) < 4.78 is 2.17. The highest BCUT2D eigenvalue weighted by Gasteiger charge is 2.12. The van der Waals surface area contributed by atoms with Crippen molar-refractivity contribution in [2.45, 2.75) is 20.0 Å². The molecule has 1 aromatic heterocycles. The Morgan fingerprint density at radius 2 is 1.63 bits per heavy atom. The van der Waals surface area contributed by atoms with Crippen LogP contribution < -0.4 is 5.32 Å². The van der Waals surface area contributed by atoms with Crippen LogP contribution in [-0.2, 0) is 13.1 Å². The molecule has 0 bridgehead atoms. The van der Waals surface area contributed by atoms with Gasteiger partial charge in [0.25, 0.3) is 5.91 Å². The molecule has 0 aliphatic carbocycles. The summed E-state index contributed by atoms with van der Waals surface area (Å²) in [6, 6.07) is 25.8. The number of imidazole rings is 1.